The summed E-state index contributed by atoms with van der Waals surface area (Å²) in [4.78, 5) is 85.9. The monoisotopic (exact) mass is 1490 g/mol. The van der Waals surface area contributed by atoms with E-state index in [0.29, 0.717) is 140 Å². The van der Waals surface area contributed by atoms with Crippen molar-refractivity contribution in [3.8, 4) is 0 Å². The number of nitrogens with two attached hydrogens (primary N) is 4. The van der Waals surface area contributed by atoms with Crippen LogP contribution in [0.4, 0.5) is 56.9 Å². The molecule has 0 atom stereocenters. The second kappa shape index (κ2) is 35.3. The molecule has 12 rings (SSSR count). The Morgan fingerprint density at radius 1 is 0.495 bits per heavy atom. The standard InChI is InChI=1S/C26H32FN5O3S.C21H24FN5OS.C17H26FN3O2.C9H8N2O2S.ClH/c1-16-5-7-18-21(28)22(36-24(18)30-16)23(33)29-10-9-17-6-8-20(19(27)15-17)31-11-13-32(14-12-31)25(34)35-26(2,3)4;1-13-2-4-15-18(23)19(29-21(15)26-13)20(28)25-7-6-14-3-5-17(16(22)12-14)27-10-8-24-9-11-27;1-17(2,3)23-16(22)21-10-8-20(9-11-21)15-5-4-13(6-7-19)12-14(15)18;1-4-2-3-5-6(10)7(9(12)13)14-8(5)11-4;/h5-8,15H,9-14,28H2,1-4H3,(H,29,33);2-5,12,24H,6-11,23H2,1H3,(H,25,28);4-5,12H,6-11,19H2,1-3H3;2-3H,10H2,1H3,(H,12,13);1H. The van der Waals surface area contributed by atoms with Crippen molar-refractivity contribution in [1.82, 2.24) is 40.7 Å². The third-order valence-corrected chi connectivity index (χ3v) is 20.0. The summed E-state index contributed by atoms with van der Waals surface area (Å²) in [5.41, 5.74) is 30.5. The molecule has 12 N–H and O–H groups in total. The van der Waals surface area contributed by atoms with E-state index in [2.05, 4.69) is 35.8 Å². The number of ether oxygens (including phenoxy) is 2. The van der Waals surface area contributed by atoms with Gasteiger partial charge in [0.05, 0.1) is 34.1 Å². The molecule has 9 heterocycles. The number of nitrogens with one attached hydrogen (secondary N) is 3. The average Bonchev–Trinajstić information content (AvgIpc) is 1.72. The zero-order valence-electron chi connectivity index (χ0n) is 59.3. The van der Waals surface area contributed by atoms with Crippen molar-refractivity contribution >= 4 is 141 Å². The molecular weight excluding hydrogens is 1400 g/mol. The van der Waals surface area contributed by atoms with Gasteiger partial charge in [0.25, 0.3) is 11.8 Å². The van der Waals surface area contributed by atoms with Gasteiger partial charge in [-0.2, -0.15) is 0 Å². The summed E-state index contributed by atoms with van der Waals surface area (Å²) in [5.74, 6) is -2.25. The predicted octanol–water partition coefficient (Wildman–Crippen LogP) is 11.8. The number of benzene rings is 3. The first-order chi connectivity index (χ1) is 48.4. The lowest BCUT2D eigenvalue weighted by Crippen LogP contribution is -2.50. The first kappa shape index (κ1) is 79.4. The van der Waals surface area contributed by atoms with Crippen LogP contribution in [0.25, 0.3) is 30.6 Å². The Morgan fingerprint density at radius 3 is 1.14 bits per heavy atom. The number of aryl methyl sites for hydroxylation is 3. The first-order valence-corrected chi connectivity index (χ1v) is 36.1. The number of nitrogens with zero attached hydrogens (tertiary/aromatic N) is 8. The van der Waals surface area contributed by atoms with Crippen LogP contribution in [-0.2, 0) is 28.7 Å². The van der Waals surface area contributed by atoms with Crippen molar-refractivity contribution in [2.24, 2.45) is 5.73 Å². The number of halogens is 4. The largest absolute Gasteiger partial charge is 0.477 e. The lowest BCUT2D eigenvalue weighted by molar-refractivity contribution is 0.0230. The molecule has 0 aliphatic carbocycles. The molecule has 4 amide bonds. The van der Waals surface area contributed by atoms with Gasteiger partial charge in [-0.1, -0.05) is 18.2 Å². The number of piperazine rings is 3. The van der Waals surface area contributed by atoms with Crippen molar-refractivity contribution in [3.05, 3.63) is 157 Å². The summed E-state index contributed by atoms with van der Waals surface area (Å²) < 4.78 is 54.5. The number of carbonyl (C=O) groups excluding carboxylic acids is 4. The van der Waals surface area contributed by atoms with Crippen LogP contribution in [0.5, 0.6) is 0 Å². The van der Waals surface area contributed by atoms with Crippen LogP contribution in [0.2, 0.25) is 0 Å². The van der Waals surface area contributed by atoms with E-state index < -0.39 is 17.2 Å². The minimum absolute atomic E-state index is 0. The molecule has 0 unspecified atom stereocenters. The number of anilines is 6. The minimum Gasteiger partial charge on any atom is -0.477 e. The topological polar surface area (TPSA) is 319 Å². The molecule has 30 heteroatoms. The summed E-state index contributed by atoms with van der Waals surface area (Å²) >= 11 is 3.68. The molecule has 0 bridgehead atoms. The molecule has 9 aromatic rings. The fourth-order valence-corrected chi connectivity index (χ4v) is 14.5. The molecule has 552 valence electrons. The highest BCUT2D eigenvalue weighted by atomic mass is 35.5. The lowest BCUT2D eigenvalue weighted by atomic mass is 10.1. The summed E-state index contributed by atoms with van der Waals surface area (Å²) in [5, 5.41) is 20.2. The number of fused-ring (bicyclic) bond motifs is 3. The van der Waals surface area contributed by atoms with E-state index in [4.69, 9.17) is 37.5 Å². The highest BCUT2D eigenvalue weighted by molar-refractivity contribution is 7.22. The van der Waals surface area contributed by atoms with E-state index in [1.165, 1.54) is 28.7 Å². The van der Waals surface area contributed by atoms with Crippen molar-refractivity contribution in [1.29, 1.82) is 0 Å². The number of hydrogen-bond acceptors (Lipinski definition) is 21. The van der Waals surface area contributed by atoms with Gasteiger partial charge < -0.3 is 78.0 Å². The van der Waals surface area contributed by atoms with Crippen molar-refractivity contribution in [2.75, 3.05) is 130 Å². The molecule has 3 saturated heterocycles. The van der Waals surface area contributed by atoms with E-state index in [-0.39, 0.29) is 58.7 Å². The number of thiophene rings is 3. The first-order valence-electron chi connectivity index (χ1n) is 33.7. The zero-order valence-corrected chi connectivity index (χ0v) is 62.6. The Hall–Kier alpha value is -9.26. The number of rotatable bonds is 14. The SMILES string of the molecule is CC(C)(C)OC(=O)N1CCN(c2ccc(CCN)cc2F)CC1.Cc1ccc2c(N)c(C(=O)NCCc3ccc(N4CCN(C(=O)OC(C)(C)C)CC4)c(F)c3)sc2n1.Cc1ccc2c(N)c(C(=O)NCCc3ccc(N4CCNCC4)c(F)c3)sc2n1.Cc1ccc2c(N)c(C(=O)O)sc2n1.Cl. The number of hydrogen-bond donors (Lipinski definition) is 8. The number of aromatic carboxylic acids is 1. The quantitative estimate of drug-likeness (QED) is 0.0501. The van der Waals surface area contributed by atoms with Crippen LogP contribution < -0.4 is 53.6 Å². The Bertz CT molecular complexity index is 4480. The summed E-state index contributed by atoms with van der Waals surface area (Å²) in [6, 6.07) is 26.8. The highest BCUT2D eigenvalue weighted by Crippen LogP contribution is 2.36. The molecular formula is C73H91ClF3N15O8S3. The van der Waals surface area contributed by atoms with Gasteiger partial charge in [0.2, 0.25) is 0 Å². The number of aromatic nitrogens is 3. The molecule has 0 saturated carbocycles. The third-order valence-electron chi connectivity index (χ3n) is 16.7. The fourth-order valence-electron chi connectivity index (χ4n) is 11.4. The van der Waals surface area contributed by atoms with Gasteiger partial charge in [0.1, 0.15) is 57.8 Å². The molecule has 3 aromatic carbocycles. The minimum atomic E-state index is -0.997. The highest BCUT2D eigenvalue weighted by Gasteiger charge is 2.30. The number of carboxylic acid groups (broad SMARTS) is 1. The maximum atomic E-state index is 14.9. The van der Waals surface area contributed by atoms with Gasteiger partial charge >= 0.3 is 18.2 Å². The van der Waals surface area contributed by atoms with Crippen LogP contribution >= 0.6 is 46.4 Å². The number of nitrogen functional groups attached to an aromatic ring is 3. The number of pyridine rings is 3. The van der Waals surface area contributed by atoms with Gasteiger partial charge in [-0.25, -0.2) is 42.5 Å². The van der Waals surface area contributed by atoms with E-state index >= 15 is 0 Å². The van der Waals surface area contributed by atoms with Gasteiger partial charge in [0, 0.05) is 125 Å². The Kier molecular flexibility index (Phi) is 27.2. The summed E-state index contributed by atoms with van der Waals surface area (Å²) in [7, 11) is 0. The van der Waals surface area contributed by atoms with E-state index in [1.54, 1.807) is 40.1 Å². The van der Waals surface area contributed by atoms with E-state index in [0.717, 1.165) is 97.1 Å². The Labute approximate surface area is 615 Å². The second-order valence-electron chi connectivity index (χ2n) is 26.8. The van der Waals surface area contributed by atoms with Crippen molar-refractivity contribution < 1.29 is 51.7 Å². The summed E-state index contributed by atoms with van der Waals surface area (Å²) in [6.07, 6.45) is 1.05. The van der Waals surface area contributed by atoms with Crippen molar-refractivity contribution in [3.63, 3.8) is 0 Å². The van der Waals surface area contributed by atoms with Gasteiger partial charge in [-0.3, -0.25) is 9.59 Å². The maximum Gasteiger partial charge on any atom is 0.410 e. The maximum absolute atomic E-state index is 14.9. The molecule has 6 aromatic heterocycles. The number of amides is 4. The van der Waals surface area contributed by atoms with Crippen LogP contribution in [0, 0.1) is 38.2 Å². The number of carbonyl (C=O) groups is 5. The molecule has 103 heavy (non-hydrogen) atoms. The second-order valence-corrected chi connectivity index (χ2v) is 29.8. The fraction of sp³-hybridized carbons (Fsp3) is 0.397. The smallest absolute Gasteiger partial charge is 0.410 e. The van der Waals surface area contributed by atoms with Gasteiger partial charge in [0.15, 0.2) is 0 Å². The van der Waals surface area contributed by atoms with Crippen molar-refractivity contribution in [2.45, 2.75) is 92.8 Å². The van der Waals surface area contributed by atoms with Crippen LogP contribution in [0.15, 0.2) is 91.0 Å². The van der Waals surface area contributed by atoms with Crippen LogP contribution in [0.1, 0.15) is 104 Å². The molecule has 3 aliphatic heterocycles. The molecule has 0 radical (unpaired) electrons. The molecule has 3 aliphatic rings. The van der Waals surface area contributed by atoms with Crippen LogP contribution in [-0.4, -0.2) is 169 Å². The van der Waals surface area contributed by atoms with Gasteiger partial charge in [-0.05, 0) is 178 Å². The zero-order chi connectivity index (χ0) is 73.7. The van der Waals surface area contributed by atoms with E-state index in [1.807, 2.05) is 127 Å². The normalized spacial score (nSPS) is 14.0. The number of carboxylic acids is 1. The lowest BCUT2D eigenvalue weighted by Gasteiger charge is -2.36. The molecule has 0 spiro atoms. The summed E-state index contributed by atoms with van der Waals surface area (Å²) in [6.45, 7) is 25.5. The Morgan fingerprint density at radius 2 is 0.816 bits per heavy atom. The average molecular weight is 1500 g/mol. The van der Waals surface area contributed by atoms with Crippen LogP contribution in [0.3, 0.4) is 0 Å². The predicted molar refractivity (Wildman–Crippen MR) is 410 cm³/mol. The van der Waals surface area contributed by atoms with E-state index in [9.17, 15) is 37.1 Å². The molecule has 23 nitrogen and oxygen atoms in total. The molecule has 3 fully saturated rings. The van der Waals surface area contributed by atoms with Gasteiger partial charge in [-0.15, -0.1) is 46.4 Å². The third kappa shape index (κ3) is 21.2. The Balaban J connectivity index is 0.000000181.